The Bertz CT molecular complexity index is 747. The van der Waals surface area contributed by atoms with Gasteiger partial charge in [0, 0.05) is 31.3 Å². The number of hydrogen-bond acceptors (Lipinski definition) is 4. The van der Waals surface area contributed by atoms with E-state index in [1.54, 1.807) is 6.33 Å². The van der Waals surface area contributed by atoms with Crippen molar-refractivity contribution in [3.05, 3.63) is 48.2 Å². The molecule has 0 radical (unpaired) electrons. The van der Waals surface area contributed by atoms with Crippen molar-refractivity contribution in [1.82, 2.24) is 19.5 Å². The normalized spacial score (nSPS) is 11.0. The van der Waals surface area contributed by atoms with Crippen LogP contribution in [0.5, 0.6) is 0 Å². The monoisotopic (exact) mass is 281 g/mol. The number of nitrogens with zero attached hydrogens (tertiary/aromatic N) is 4. The number of fused-ring (bicyclic) bond motifs is 1. The Hall–Kier alpha value is -2.43. The van der Waals surface area contributed by atoms with Crippen LogP contribution in [0.15, 0.2) is 36.7 Å². The fourth-order valence-corrected chi connectivity index (χ4v) is 2.52. The van der Waals surface area contributed by atoms with Gasteiger partial charge in [-0.05, 0) is 26.0 Å². The van der Waals surface area contributed by atoms with Gasteiger partial charge in [-0.1, -0.05) is 12.1 Å². The van der Waals surface area contributed by atoms with Gasteiger partial charge in [-0.3, -0.25) is 0 Å². The van der Waals surface area contributed by atoms with Crippen molar-refractivity contribution in [2.75, 3.05) is 11.9 Å². The number of aryl methyl sites for hydroxylation is 2. The van der Waals surface area contributed by atoms with Gasteiger partial charge in [-0.2, -0.15) is 0 Å². The van der Waals surface area contributed by atoms with Crippen molar-refractivity contribution in [3.8, 4) is 0 Å². The summed E-state index contributed by atoms with van der Waals surface area (Å²) in [5, 5.41) is 3.33. The zero-order chi connectivity index (χ0) is 14.7. The molecule has 0 bridgehead atoms. The highest BCUT2D eigenvalue weighted by Crippen LogP contribution is 2.16. The van der Waals surface area contributed by atoms with E-state index in [2.05, 4.69) is 45.0 Å². The van der Waals surface area contributed by atoms with Gasteiger partial charge in [0.15, 0.2) is 0 Å². The zero-order valence-electron chi connectivity index (χ0n) is 12.4. The van der Waals surface area contributed by atoms with Crippen LogP contribution in [0.4, 0.5) is 5.82 Å². The molecule has 3 aromatic rings. The van der Waals surface area contributed by atoms with E-state index < -0.39 is 0 Å². The fourth-order valence-electron chi connectivity index (χ4n) is 2.52. The third-order valence-corrected chi connectivity index (χ3v) is 3.51. The van der Waals surface area contributed by atoms with Crippen LogP contribution in [-0.2, 0) is 13.0 Å². The summed E-state index contributed by atoms with van der Waals surface area (Å²) in [6, 6.07) is 10.2. The van der Waals surface area contributed by atoms with Gasteiger partial charge in [0.1, 0.15) is 18.0 Å². The van der Waals surface area contributed by atoms with Crippen molar-refractivity contribution < 1.29 is 0 Å². The number of hydrogen-bond donors (Lipinski definition) is 1. The number of benzene rings is 1. The summed E-state index contributed by atoms with van der Waals surface area (Å²) in [4.78, 5) is 13.0. The molecule has 0 aliphatic heterocycles. The number of anilines is 1. The molecule has 0 spiro atoms. The highest BCUT2D eigenvalue weighted by Gasteiger charge is 2.08. The molecule has 3 rings (SSSR count). The Morgan fingerprint density at radius 1 is 1.19 bits per heavy atom. The van der Waals surface area contributed by atoms with E-state index in [1.165, 1.54) is 5.52 Å². The van der Waals surface area contributed by atoms with Crippen LogP contribution >= 0.6 is 0 Å². The number of para-hydroxylation sites is 2. The van der Waals surface area contributed by atoms with Gasteiger partial charge < -0.3 is 9.88 Å². The Morgan fingerprint density at radius 2 is 2.05 bits per heavy atom. The van der Waals surface area contributed by atoms with Crippen LogP contribution < -0.4 is 5.32 Å². The summed E-state index contributed by atoms with van der Waals surface area (Å²) >= 11 is 0. The maximum atomic E-state index is 4.72. The van der Waals surface area contributed by atoms with E-state index in [9.17, 15) is 0 Å². The zero-order valence-corrected chi connectivity index (χ0v) is 12.4. The lowest BCUT2D eigenvalue weighted by Crippen LogP contribution is -2.11. The number of rotatable bonds is 5. The SMILES string of the molecule is CCn1c(CCNc2cc(C)ncn2)nc2ccccc21. The minimum absolute atomic E-state index is 0.805. The standard InChI is InChI=1S/C16H19N5/c1-3-21-14-7-5-4-6-13(14)20-16(21)8-9-17-15-10-12(2)18-11-19-15/h4-7,10-11H,3,8-9H2,1-2H3,(H,17,18,19). The smallest absolute Gasteiger partial charge is 0.129 e. The van der Waals surface area contributed by atoms with Crippen LogP contribution in [-0.4, -0.2) is 26.1 Å². The van der Waals surface area contributed by atoms with Crippen LogP contribution in [0.1, 0.15) is 18.4 Å². The van der Waals surface area contributed by atoms with Crippen molar-refractivity contribution in [3.63, 3.8) is 0 Å². The van der Waals surface area contributed by atoms with Crippen LogP contribution in [0.25, 0.3) is 11.0 Å². The Morgan fingerprint density at radius 3 is 2.86 bits per heavy atom. The first kappa shape index (κ1) is 13.5. The van der Waals surface area contributed by atoms with E-state index in [-0.39, 0.29) is 0 Å². The average Bonchev–Trinajstić information content (AvgIpc) is 2.84. The van der Waals surface area contributed by atoms with Crippen molar-refractivity contribution in [1.29, 1.82) is 0 Å². The summed E-state index contributed by atoms with van der Waals surface area (Å²) in [7, 11) is 0. The minimum Gasteiger partial charge on any atom is -0.370 e. The molecule has 0 unspecified atom stereocenters. The Kier molecular flexibility index (Phi) is 3.81. The first-order valence-corrected chi connectivity index (χ1v) is 7.24. The number of nitrogens with one attached hydrogen (secondary N) is 1. The predicted molar refractivity (Wildman–Crippen MR) is 84.4 cm³/mol. The molecule has 0 atom stereocenters. The summed E-state index contributed by atoms with van der Waals surface area (Å²) in [5.74, 6) is 1.97. The predicted octanol–water partition coefficient (Wildman–Crippen LogP) is 2.81. The molecule has 2 heterocycles. The van der Waals surface area contributed by atoms with E-state index in [0.29, 0.717) is 0 Å². The molecule has 0 saturated heterocycles. The van der Waals surface area contributed by atoms with Gasteiger partial charge >= 0.3 is 0 Å². The molecule has 1 aromatic carbocycles. The van der Waals surface area contributed by atoms with Gasteiger partial charge in [0.25, 0.3) is 0 Å². The second-order valence-corrected chi connectivity index (χ2v) is 4.98. The average molecular weight is 281 g/mol. The molecule has 5 nitrogen and oxygen atoms in total. The lowest BCUT2D eigenvalue weighted by atomic mass is 10.3. The molecule has 0 fully saturated rings. The topological polar surface area (TPSA) is 55.6 Å². The molecular formula is C16H19N5. The van der Waals surface area contributed by atoms with Gasteiger partial charge in [-0.25, -0.2) is 15.0 Å². The Labute approximate surface area is 124 Å². The number of imidazole rings is 1. The van der Waals surface area contributed by atoms with Crippen LogP contribution in [0.2, 0.25) is 0 Å². The second kappa shape index (κ2) is 5.91. The van der Waals surface area contributed by atoms with Crippen molar-refractivity contribution >= 4 is 16.9 Å². The van der Waals surface area contributed by atoms with E-state index in [4.69, 9.17) is 4.98 Å². The quantitative estimate of drug-likeness (QED) is 0.781. The highest BCUT2D eigenvalue weighted by atomic mass is 15.1. The molecule has 2 aromatic heterocycles. The molecule has 0 amide bonds. The summed E-state index contributed by atoms with van der Waals surface area (Å²) in [5.41, 5.74) is 3.23. The van der Waals surface area contributed by atoms with Gasteiger partial charge in [-0.15, -0.1) is 0 Å². The molecule has 108 valence electrons. The first-order chi connectivity index (χ1) is 10.3. The fraction of sp³-hybridized carbons (Fsp3) is 0.312. The summed E-state index contributed by atoms with van der Waals surface area (Å²) in [6.07, 6.45) is 2.45. The molecular weight excluding hydrogens is 262 g/mol. The lowest BCUT2D eigenvalue weighted by molar-refractivity contribution is 0.716. The largest absolute Gasteiger partial charge is 0.370 e. The first-order valence-electron chi connectivity index (χ1n) is 7.24. The van der Waals surface area contributed by atoms with E-state index in [0.717, 1.165) is 42.4 Å². The van der Waals surface area contributed by atoms with Crippen LogP contribution in [0, 0.1) is 6.92 Å². The minimum atomic E-state index is 0.805. The Balaban J connectivity index is 1.73. The number of aromatic nitrogens is 4. The molecule has 5 heteroatoms. The lowest BCUT2D eigenvalue weighted by Gasteiger charge is -2.08. The summed E-state index contributed by atoms with van der Waals surface area (Å²) in [6.45, 7) is 5.85. The van der Waals surface area contributed by atoms with Gasteiger partial charge in [0.2, 0.25) is 0 Å². The third kappa shape index (κ3) is 2.86. The van der Waals surface area contributed by atoms with Crippen molar-refractivity contribution in [2.45, 2.75) is 26.8 Å². The molecule has 0 saturated carbocycles. The second-order valence-electron chi connectivity index (χ2n) is 4.98. The molecule has 0 aliphatic carbocycles. The molecule has 1 N–H and O–H groups in total. The van der Waals surface area contributed by atoms with Crippen LogP contribution in [0.3, 0.4) is 0 Å². The van der Waals surface area contributed by atoms with E-state index >= 15 is 0 Å². The van der Waals surface area contributed by atoms with Gasteiger partial charge in [0.05, 0.1) is 11.0 Å². The maximum absolute atomic E-state index is 4.72. The maximum Gasteiger partial charge on any atom is 0.129 e. The molecule has 21 heavy (non-hydrogen) atoms. The molecule has 0 aliphatic rings. The van der Waals surface area contributed by atoms with E-state index in [1.807, 2.05) is 19.1 Å². The highest BCUT2D eigenvalue weighted by molar-refractivity contribution is 5.75. The third-order valence-electron chi connectivity index (χ3n) is 3.51. The van der Waals surface area contributed by atoms with Crippen molar-refractivity contribution in [2.24, 2.45) is 0 Å². The summed E-state index contributed by atoms with van der Waals surface area (Å²) < 4.78 is 2.27.